The zero-order chi connectivity index (χ0) is 23.8. The van der Waals surface area contributed by atoms with Crippen molar-refractivity contribution in [2.75, 3.05) is 19.6 Å². The maximum atomic E-state index is 13.5. The van der Waals surface area contributed by atoms with Gasteiger partial charge in [0.05, 0.1) is 6.54 Å². The number of benzene rings is 2. The highest BCUT2D eigenvalue weighted by Crippen LogP contribution is 2.19. The van der Waals surface area contributed by atoms with Crippen LogP contribution in [0.1, 0.15) is 50.3 Å². The van der Waals surface area contributed by atoms with E-state index in [1.807, 2.05) is 30.2 Å². The van der Waals surface area contributed by atoms with Crippen molar-refractivity contribution in [3.8, 4) is 0 Å². The Balaban J connectivity index is 1.77. The Kier molecular flexibility index (Phi) is 8.70. The van der Waals surface area contributed by atoms with Crippen molar-refractivity contribution < 1.29 is 9.59 Å². The number of aromatic amines is 1. The number of H-pyrrole nitrogens is 1. The van der Waals surface area contributed by atoms with Crippen LogP contribution in [-0.4, -0.2) is 46.2 Å². The van der Waals surface area contributed by atoms with Crippen LogP contribution in [0, 0.1) is 12.8 Å². The van der Waals surface area contributed by atoms with Gasteiger partial charge >= 0.3 is 0 Å². The van der Waals surface area contributed by atoms with E-state index in [-0.39, 0.29) is 18.4 Å². The molecule has 0 saturated heterocycles. The molecule has 0 atom stereocenters. The SMILES string of the molecule is CCCC(=O)N(CC(=O)N(CCc1c[nH]c2ccccc12)Cc1ccc(C)cc1)CC(C)C. The number of carbonyl (C=O) groups is 2. The molecule has 5 heteroatoms. The van der Waals surface area contributed by atoms with E-state index in [2.05, 4.69) is 62.2 Å². The Morgan fingerprint density at radius 3 is 2.39 bits per heavy atom. The molecule has 2 aromatic carbocycles. The maximum absolute atomic E-state index is 13.5. The van der Waals surface area contributed by atoms with Crippen molar-refractivity contribution in [2.24, 2.45) is 5.92 Å². The van der Waals surface area contributed by atoms with Crippen LogP contribution in [0.3, 0.4) is 0 Å². The molecule has 3 rings (SSSR count). The molecule has 0 spiro atoms. The minimum Gasteiger partial charge on any atom is -0.361 e. The monoisotopic (exact) mass is 447 g/mol. The van der Waals surface area contributed by atoms with Crippen molar-refractivity contribution >= 4 is 22.7 Å². The molecule has 0 radical (unpaired) electrons. The summed E-state index contributed by atoms with van der Waals surface area (Å²) in [5, 5.41) is 1.19. The second kappa shape index (κ2) is 11.7. The van der Waals surface area contributed by atoms with Crippen molar-refractivity contribution in [3.63, 3.8) is 0 Å². The van der Waals surface area contributed by atoms with E-state index in [0.29, 0.717) is 32.0 Å². The van der Waals surface area contributed by atoms with Crippen LogP contribution in [0.25, 0.3) is 10.9 Å². The molecule has 0 bridgehead atoms. The lowest BCUT2D eigenvalue weighted by atomic mass is 10.1. The summed E-state index contributed by atoms with van der Waals surface area (Å²) in [6, 6.07) is 16.6. The predicted octanol–water partition coefficient (Wildman–Crippen LogP) is 5.33. The molecule has 0 saturated carbocycles. The molecule has 2 amide bonds. The van der Waals surface area contributed by atoms with Crippen LogP contribution in [0.5, 0.6) is 0 Å². The number of rotatable bonds is 11. The molecular formula is C28H37N3O2. The fraction of sp³-hybridized carbons (Fsp3) is 0.429. The third-order valence-corrected chi connectivity index (χ3v) is 5.90. The highest BCUT2D eigenvalue weighted by atomic mass is 16.2. The summed E-state index contributed by atoms with van der Waals surface area (Å²) in [7, 11) is 0. The molecule has 0 unspecified atom stereocenters. The number of nitrogens with zero attached hydrogens (tertiary/aromatic N) is 2. The van der Waals surface area contributed by atoms with E-state index >= 15 is 0 Å². The van der Waals surface area contributed by atoms with Crippen LogP contribution in [0.2, 0.25) is 0 Å². The van der Waals surface area contributed by atoms with Gasteiger partial charge in [0.1, 0.15) is 0 Å². The van der Waals surface area contributed by atoms with Crippen LogP contribution in [0.4, 0.5) is 0 Å². The topological polar surface area (TPSA) is 56.4 Å². The van der Waals surface area contributed by atoms with Crippen LogP contribution in [-0.2, 0) is 22.6 Å². The van der Waals surface area contributed by atoms with Gasteiger partial charge in [-0.15, -0.1) is 0 Å². The van der Waals surface area contributed by atoms with Gasteiger partial charge in [-0.05, 0) is 42.9 Å². The number of carbonyl (C=O) groups excluding carboxylic acids is 2. The normalized spacial score (nSPS) is 11.2. The van der Waals surface area contributed by atoms with Gasteiger partial charge in [-0.1, -0.05) is 68.8 Å². The van der Waals surface area contributed by atoms with Gasteiger partial charge in [-0.3, -0.25) is 9.59 Å². The Hall–Kier alpha value is -3.08. The second-order valence-electron chi connectivity index (χ2n) is 9.33. The summed E-state index contributed by atoms with van der Waals surface area (Å²) >= 11 is 0. The Bertz CT molecular complexity index is 1050. The Morgan fingerprint density at radius 1 is 0.970 bits per heavy atom. The quantitative estimate of drug-likeness (QED) is 0.432. The number of aryl methyl sites for hydroxylation is 1. The Morgan fingerprint density at radius 2 is 1.70 bits per heavy atom. The minimum atomic E-state index is 0.000481. The van der Waals surface area contributed by atoms with Gasteiger partial charge in [-0.2, -0.15) is 0 Å². The molecule has 0 aliphatic heterocycles. The molecule has 1 aromatic heterocycles. The number of aromatic nitrogens is 1. The minimum absolute atomic E-state index is 0.000481. The predicted molar refractivity (Wildman–Crippen MR) is 135 cm³/mol. The highest BCUT2D eigenvalue weighted by Gasteiger charge is 2.22. The number of hydrogen-bond donors (Lipinski definition) is 1. The molecule has 33 heavy (non-hydrogen) atoms. The summed E-state index contributed by atoms with van der Waals surface area (Å²) < 4.78 is 0. The van der Waals surface area contributed by atoms with E-state index in [9.17, 15) is 9.59 Å². The average molecular weight is 448 g/mol. The molecule has 1 heterocycles. The van der Waals surface area contributed by atoms with Crippen LogP contribution in [0.15, 0.2) is 54.7 Å². The third-order valence-electron chi connectivity index (χ3n) is 5.90. The first kappa shape index (κ1) is 24.6. The van der Waals surface area contributed by atoms with E-state index < -0.39 is 0 Å². The molecule has 0 aliphatic rings. The van der Waals surface area contributed by atoms with Gasteiger partial charge in [0.2, 0.25) is 11.8 Å². The zero-order valence-corrected chi connectivity index (χ0v) is 20.4. The number of hydrogen-bond acceptors (Lipinski definition) is 2. The molecule has 176 valence electrons. The van der Waals surface area contributed by atoms with Gasteiger partial charge in [0, 0.05) is 43.2 Å². The summed E-state index contributed by atoms with van der Waals surface area (Å²) in [6.07, 6.45) is 4.06. The Labute approximate surface area is 197 Å². The zero-order valence-electron chi connectivity index (χ0n) is 20.4. The molecule has 5 nitrogen and oxygen atoms in total. The van der Waals surface area contributed by atoms with Gasteiger partial charge < -0.3 is 14.8 Å². The van der Waals surface area contributed by atoms with E-state index in [1.54, 1.807) is 4.90 Å². The van der Waals surface area contributed by atoms with Gasteiger partial charge in [0.15, 0.2) is 0 Å². The fourth-order valence-corrected chi connectivity index (χ4v) is 4.13. The summed E-state index contributed by atoms with van der Waals surface area (Å²) in [5.41, 5.74) is 4.61. The summed E-state index contributed by atoms with van der Waals surface area (Å²) in [4.78, 5) is 33.1. The fourth-order valence-electron chi connectivity index (χ4n) is 4.13. The first-order valence-corrected chi connectivity index (χ1v) is 12.0. The number of nitrogens with one attached hydrogen (secondary N) is 1. The van der Waals surface area contributed by atoms with Crippen molar-refractivity contribution in [1.29, 1.82) is 0 Å². The van der Waals surface area contributed by atoms with Crippen molar-refractivity contribution in [3.05, 3.63) is 71.4 Å². The van der Waals surface area contributed by atoms with E-state index in [4.69, 9.17) is 0 Å². The summed E-state index contributed by atoms with van der Waals surface area (Å²) in [6.45, 7) is 10.1. The van der Waals surface area contributed by atoms with Crippen LogP contribution >= 0.6 is 0 Å². The first-order chi connectivity index (χ1) is 15.9. The molecule has 3 aromatic rings. The van der Waals surface area contributed by atoms with E-state index in [1.165, 1.54) is 16.5 Å². The number of fused-ring (bicyclic) bond motifs is 1. The number of amides is 2. The van der Waals surface area contributed by atoms with Gasteiger partial charge in [-0.25, -0.2) is 0 Å². The maximum Gasteiger partial charge on any atom is 0.242 e. The van der Waals surface area contributed by atoms with Gasteiger partial charge in [0.25, 0.3) is 0 Å². The largest absolute Gasteiger partial charge is 0.361 e. The summed E-state index contributed by atoms with van der Waals surface area (Å²) in [5.74, 6) is 0.377. The number of para-hydroxylation sites is 1. The lowest BCUT2D eigenvalue weighted by molar-refractivity contribution is -0.141. The van der Waals surface area contributed by atoms with Crippen molar-refractivity contribution in [2.45, 2.75) is 53.5 Å². The van der Waals surface area contributed by atoms with E-state index in [0.717, 1.165) is 23.9 Å². The highest BCUT2D eigenvalue weighted by molar-refractivity contribution is 5.85. The smallest absolute Gasteiger partial charge is 0.242 e. The lowest BCUT2D eigenvalue weighted by Gasteiger charge is -2.29. The second-order valence-corrected chi connectivity index (χ2v) is 9.33. The lowest BCUT2D eigenvalue weighted by Crippen LogP contribution is -2.44. The molecule has 0 aliphatic carbocycles. The molecular weight excluding hydrogens is 410 g/mol. The first-order valence-electron chi connectivity index (χ1n) is 12.0. The standard InChI is InChI=1S/C28H37N3O2/c1-5-8-27(32)31(18-21(2)3)20-28(33)30(19-23-13-11-22(4)12-14-23)16-15-24-17-29-26-10-7-6-9-25(24)26/h6-7,9-14,17,21,29H,5,8,15-16,18-20H2,1-4H3. The van der Waals surface area contributed by atoms with Crippen molar-refractivity contribution in [1.82, 2.24) is 14.8 Å². The molecule has 1 N–H and O–H groups in total. The molecule has 0 fully saturated rings. The third kappa shape index (κ3) is 6.95. The van der Waals surface area contributed by atoms with Crippen LogP contribution < -0.4 is 0 Å². The average Bonchev–Trinajstić information content (AvgIpc) is 3.20.